The molecule has 0 aliphatic carbocycles. The minimum absolute atomic E-state index is 0.0731. The quantitative estimate of drug-likeness (QED) is 0.639. The predicted molar refractivity (Wildman–Crippen MR) is 102 cm³/mol. The van der Waals surface area contributed by atoms with Gasteiger partial charge in [0, 0.05) is 17.7 Å². The maximum absolute atomic E-state index is 12.1. The summed E-state index contributed by atoms with van der Waals surface area (Å²) in [4.78, 5) is 12.1. The lowest BCUT2D eigenvalue weighted by Crippen LogP contribution is -2.14. The molecule has 0 spiro atoms. The van der Waals surface area contributed by atoms with Crippen LogP contribution in [0.4, 0.5) is 5.69 Å². The van der Waals surface area contributed by atoms with Gasteiger partial charge in [-0.05, 0) is 23.8 Å². The van der Waals surface area contributed by atoms with E-state index < -0.39 is 0 Å². The molecule has 1 aromatic heterocycles. The van der Waals surface area contributed by atoms with Crippen LogP contribution in [0.5, 0.6) is 5.75 Å². The highest BCUT2D eigenvalue weighted by molar-refractivity contribution is 8.01. The van der Waals surface area contributed by atoms with E-state index in [1.165, 1.54) is 28.7 Å². The van der Waals surface area contributed by atoms with E-state index in [2.05, 4.69) is 27.6 Å². The highest BCUT2D eigenvalue weighted by Crippen LogP contribution is 2.26. The Morgan fingerprint density at radius 3 is 2.80 bits per heavy atom. The number of hydrogen-bond acceptors (Lipinski definition) is 6. The van der Waals surface area contributed by atoms with E-state index in [0.717, 1.165) is 27.8 Å². The van der Waals surface area contributed by atoms with Gasteiger partial charge in [-0.1, -0.05) is 53.4 Å². The van der Waals surface area contributed by atoms with Crippen LogP contribution in [0, 0.1) is 0 Å². The third-order valence-corrected chi connectivity index (χ3v) is 5.33. The molecule has 1 amide bonds. The number of carbonyl (C=O) groups is 1. The first-order chi connectivity index (χ1) is 12.2. The van der Waals surface area contributed by atoms with Crippen LogP contribution < -0.4 is 10.1 Å². The van der Waals surface area contributed by atoms with Gasteiger partial charge in [-0.3, -0.25) is 4.79 Å². The molecule has 0 radical (unpaired) electrons. The first kappa shape index (κ1) is 17.4. The summed E-state index contributed by atoms with van der Waals surface area (Å²) in [6.07, 6.45) is 0.743. The molecule has 0 aliphatic rings. The van der Waals surface area contributed by atoms with E-state index in [1.807, 2.05) is 36.4 Å². The molecule has 5 nitrogen and oxygen atoms in total. The van der Waals surface area contributed by atoms with E-state index in [1.54, 1.807) is 12.6 Å². The van der Waals surface area contributed by atoms with Gasteiger partial charge in [0.05, 0.1) is 12.9 Å². The van der Waals surface area contributed by atoms with Crippen molar-refractivity contribution in [3.8, 4) is 5.75 Å². The first-order valence-electron chi connectivity index (χ1n) is 7.64. The number of benzene rings is 2. The lowest BCUT2D eigenvalue weighted by atomic mass is 10.0. The van der Waals surface area contributed by atoms with Crippen LogP contribution >= 0.6 is 23.1 Å². The molecule has 3 rings (SSSR count). The third kappa shape index (κ3) is 5.04. The molecule has 7 heteroatoms. The molecule has 0 bridgehead atoms. The van der Waals surface area contributed by atoms with Crippen molar-refractivity contribution in [1.82, 2.24) is 10.2 Å². The van der Waals surface area contributed by atoms with Gasteiger partial charge >= 0.3 is 0 Å². The first-order valence-corrected chi connectivity index (χ1v) is 9.51. The maximum atomic E-state index is 12.1. The molecule has 128 valence electrons. The summed E-state index contributed by atoms with van der Waals surface area (Å²) < 4.78 is 6.23. The number of hydrogen-bond donors (Lipinski definition) is 1. The number of ether oxygens (including phenoxy) is 1. The Bertz CT molecular complexity index is 824. The Labute approximate surface area is 154 Å². The summed E-state index contributed by atoms with van der Waals surface area (Å²) in [6.45, 7) is 0. The number of thioether (sulfide) groups is 1. The van der Waals surface area contributed by atoms with Gasteiger partial charge in [0.2, 0.25) is 5.91 Å². The van der Waals surface area contributed by atoms with E-state index in [4.69, 9.17) is 4.74 Å². The Balaban J connectivity index is 1.67. The van der Waals surface area contributed by atoms with Gasteiger partial charge in [0.25, 0.3) is 0 Å². The SMILES string of the molecule is COc1ccc(NC(=O)CSc2nncs2)cc1Cc1ccccc1. The second kappa shape index (κ2) is 8.64. The van der Waals surface area contributed by atoms with Crippen LogP contribution in [0.15, 0.2) is 58.4 Å². The van der Waals surface area contributed by atoms with Gasteiger partial charge < -0.3 is 10.1 Å². The number of aromatic nitrogens is 2. The van der Waals surface area contributed by atoms with Crippen molar-refractivity contribution in [2.75, 3.05) is 18.2 Å². The minimum Gasteiger partial charge on any atom is -0.496 e. The van der Waals surface area contributed by atoms with Crippen LogP contribution in [0.25, 0.3) is 0 Å². The highest BCUT2D eigenvalue weighted by Gasteiger charge is 2.09. The molecule has 25 heavy (non-hydrogen) atoms. The summed E-state index contributed by atoms with van der Waals surface area (Å²) in [5, 5.41) is 10.6. The van der Waals surface area contributed by atoms with Crippen LogP contribution in [0.3, 0.4) is 0 Å². The van der Waals surface area contributed by atoms with E-state index >= 15 is 0 Å². The number of methoxy groups -OCH3 is 1. The summed E-state index contributed by atoms with van der Waals surface area (Å²) in [7, 11) is 1.65. The number of amides is 1. The molecule has 0 aliphatic heterocycles. The maximum Gasteiger partial charge on any atom is 0.234 e. The van der Waals surface area contributed by atoms with Crippen molar-refractivity contribution >= 4 is 34.7 Å². The standard InChI is InChI=1S/C18H17N3O2S2/c1-23-16-8-7-15(10-14(16)9-13-5-3-2-4-6-13)20-17(22)11-24-18-21-19-12-25-18/h2-8,10,12H,9,11H2,1H3,(H,20,22). The smallest absolute Gasteiger partial charge is 0.234 e. The molecule has 2 aromatic carbocycles. The molecule has 0 unspecified atom stereocenters. The average Bonchev–Trinajstić information content (AvgIpc) is 3.15. The van der Waals surface area contributed by atoms with Crippen LogP contribution in [0.2, 0.25) is 0 Å². The number of nitrogens with zero attached hydrogens (tertiary/aromatic N) is 2. The number of anilines is 1. The topological polar surface area (TPSA) is 64.1 Å². The summed E-state index contributed by atoms with van der Waals surface area (Å²) in [6, 6.07) is 15.8. The molecule has 0 saturated heterocycles. The Kier molecular flexibility index (Phi) is 6.03. The Morgan fingerprint density at radius 1 is 1.24 bits per heavy atom. The molecular weight excluding hydrogens is 354 g/mol. The van der Waals surface area contributed by atoms with E-state index in [0.29, 0.717) is 5.75 Å². The normalized spacial score (nSPS) is 10.4. The van der Waals surface area contributed by atoms with Crippen LogP contribution in [-0.4, -0.2) is 29.0 Å². The van der Waals surface area contributed by atoms with Gasteiger partial charge in [-0.15, -0.1) is 10.2 Å². The van der Waals surface area contributed by atoms with E-state index in [-0.39, 0.29) is 5.91 Å². The second-order valence-corrected chi connectivity index (χ2v) is 7.29. The Hall–Kier alpha value is -2.38. The number of rotatable bonds is 7. The zero-order valence-electron chi connectivity index (χ0n) is 13.6. The van der Waals surface area contributed by atoms with Crippen LogP contribution in [-0.2, 0) is 11.2 Å². The predicted octanol–water partition coefficient (Wildman–Crippen LogP) is 3.87. The summed E-state index contributed by atoms with van der Waals surface area (Å²) >= 11 is 2.80. The monoisotopic (exact) mass is 371 g/mol. The van der Waals surface area contributed by atoms with Gasteiger partial charge in [-0.25, -0.2) is 0 Å². The molecule has 3 aromatic rings. The molecule has 0 fully saturated rings. The third-order valence-electron chi connectivity index (χ3n) is 3.47. The van der Waals surface area contributed by atoms with Crippen molar-refractivity contribution in [3.63, 3.8) is 0 Å². The van der Waals surface area contributed by atoms with E-state index in [9.17, 15) is 4.79 Å². The lowest BCUT2D eigenvalue weighted by Gasteiger charge is -2.12. The average molecular weight is 371 g/mol. The highest BCUT2D eigenvalue weighted by atomic mass is 32.2. The molecule has 1 N–H and O–H groups in total. The molecule has 0 atom stereocenters. The number of carbonyl (C=O) groups excluding carboxylic acids is 1. The van der Waals surface area contributed by atoms with Gasteiger partial charge in [0.15, 0.2) is 4.34 Å². The molecule has 1 heterocycles. The summed E-state index contributed by atoms with van der Waals surface area (Å²) in [5.41, 5.74) is 4.63. The zero-order chi connectivity index (χ0) is 17.5. The minimum atomic E-state index is -0.0731. The van der Waals surface area contributed by atoms with Gasteiger partial charge in [-0.2, -0.15) is 0 Å². The fraction of sp³-hybridized carbons (Fsp3) is 0.167. The largest absolute Gasteiger partial charge is 0.496 e. The molecule has 0 saturated carbocycles. The second-order valence-electron chi connectivity index (χ2n) is 5.23. The van der Waals surface area contributed by atoms with Crippen molar-refractivity contribution in [2.24, 2.45) is 0 Å². The van der Waals surface area contributed by atoms with Gasteiger partial charge in [0.1, 0.15) is 11.3 Å². The zero-order valence-corrected chi connectivity index (χ0v) is 15.3. The summed E-state index contributed by atoms with van der Waals surface area (Å²) in [5.74, 6) is 1.04. The number of nitrogens with one attached hydrogen (secondary N) is 1. The lowest BCUT2D eigenvalue weighted by molar-refractivity contribution is -0.113. The van der Waals surface area contributed by atoms with Crippen molar-refractivity contribution in [1.29, 1.82) is 0 Å². The van der Waals surface area contributed by atoms with Crippen molar-refractivity contribution in [3.05, 3.63) is 65.2 Å². The fourth-order valence-electron chi connectivity index (χ4n) is 2.36. The molecular formula is C18H17N3O2S2. The fourth-order valence-corrected chi connectivity index (χ4v) is 3.65. The van der Waals surface area contributed by atoms with Crippen molar-refractivity contribution in [2.45, 2.75) is 10.8 Å². The van der Waals surface area contributed by atoms with Crippen molar-refractivity contribution < 1.29 is 9.53 Å². The van der Waals surface area contributed by atoms with Crippen LogP contribution in [0.1, 0.15) is 11.1 Å². The Morgan fingerprint density at radius 2 is 2.08 bits per heavy atom.